The summed E-state index contributed by atoms with van der Waals surface area (Å²) >= 11 is 2.81. The predicted molar refractivity (Wildman–Crippen MR) is 56.0 cm³/mol. The van der Waals surface area contributed by atoms with Crippen molar-refractivity contribution >= 4 is 29.4 Å². The minimum Gasteiger partial charge on any atom is -0.373 e. The molecule has 0 saturated heterocycles. The monoisotopic (exact) mass is 233 g/mol. The molecule has 5 nitrogen and oxygen atoms in total. The molecule has 0 unspecified atom stereocenters. The van der Waals surface area contributed by atoms with Gasteiger partial charge in [-0.2, -0.15) is 4.98 Å². The van der Waals surface area contributed by atoms with Crippen LogP contribution in [0, 0.1) is 0 Å². The molecule has 1 aromatic rings. The summed E-state index contributed by atoms with van der Waals surface area (Å²) in [6.07, 6.45) is -0.462. The number of thioether (sulfide) groups is 1. The third kappa shape index (κ3) is 3.15. The number of rotatable bonds is 3. The fraction of sp³-hybridized carbons (Fsp3) is 0.571. The van der Waals surface area contributed by atoms with Crippen LogP contribution >= 0.6 is 23.3 Å². The highest BCUT2D eigenvalue weighted by molar-refractivity contribution is 8.00. The lowest BCUT2D eigenvalue weighted by Crippen LogP contribution is -2.25. The fourth-order valence-electron chi connectivity index (χ4n) is 0.590. The minimum atomic E-state index is -0.462. The van der Waals surface area contributed by atoms with E-state index in [0.29, 0.717) is 0 Å². The number of carbonyl (C=O) groups excluding carboxylic acids is 1. The Balaban J connectivity index is 2.55. The molecule has 0 aromatic carbocycles. The maximum absolute atomic E-state index is 11.1. The summed E-state index contributed by atoms with van der Waals surface area (Å²) in [5.74, 6) is 0.927. The second-order valence-electron chi connectivity index (χ2n) is 2.54. The molecule has 14 heavy (non-hydrogen) atoms. The molecule has 0 atom stereocenters. The average molecular weight is 233 g/mol. The van der Waals surface area contributed by atoms with E-state index in [1.54, 1.807) is 25.9 Å². The second kappa shape index (κ2) is 5.16. The van der Waals surface area contributed by atoms with Crippen LogP contribution in [0.5, 0.6) is 6.01 Å². The van der Waals surface area contributed by atoms with E-state index in [9.17, 15) is 4.79 Å². The van der Waals surface area contributed by atoms with Crippen LogP contribution in [0.25, 0.3) is 0 Å². The first-order chi connectivity index (χ1) is 6.63. The van der Waals surface area contributed by atoms with Crippen molar-refractivity contribution in [1.82, 2.24) is 14.3 Å². The fourth-order valence-corrected chi connectivity index (χ4v) is 2.01. The summed E-state index contributed by atoms with van der Waals surface area (Å²) in [5.41, 5.74) is 0. The van der Waals surface area contributed by atoms with Gasteiger partial charge in [0.1, 0.15) is 0 Å². The van der Waals surface area contributed by atoms with E-state index >= 15 is 0 Å². The van der Waals surface area contributed by atoms with Gasteiger partial charge in [0.05, 0.1) is 0 Å². The van der Waals surface area contributed by atoms with Crippen molar-refractivity contribution in [1.29, 1.82) is 0 Å². The Bertz CT molecular complexity index is 314. The molecule has 78 valence electrons. The average Bonchev–Trinajstić information content (AvgIpc) is 2.53. The van der Waals surface area contributed by atoms with E-state index in [1.807, 2.05) is 6.92 Å². The number of amides is 1. The van der Waals surface area contributed by atoms with E-state index < -0.39 is 6.09 Å². The first kappa shape index (κ1) is 11.3. The SMILES string of the molecule is CCSc1nc(OC(=O)N(C)C)ns1. The largest absolute Gasteiger partial charge is 0.417 e. The molecule has 1 amide bonds. The molecule has 0 fully saturated rings. The first-order valence-electron chi connectivity index (χ1n) is 3.99. The number of aromatic nitrogens is 2. The third-order valence-corrected chi connectivity index (χ3v) is 2.90. The van der Waals surface area contributed by atoms with Crippen LogP contribution in [0.15, 0.2) is 4.34 Å². The van der Waals surface area contributed by atoms with Crippen LogP contribution in [-0.2, 0) is 0 Å². The molecule has 0 bridgehead atoms. The molecule has 0 N–H and O–H groups in total. The van der Waals surface area contributed by atoms with Crippen molar-refractivity contribution in [3.8, 4) is 6.01 Å². The Morgan fingerprint density at radius 1 is 1.64 bits per heavy atom. The second-order valence-corrected chi connectivity index (χ2v) is 4.80. The summed E-state index contributed by atoms with van der Waals surface area (Å²) in [4.78, 5) is 16.5. The molecule has 7 heteroatoms. The zero-order chi connectivity index (χ0) is 10.6. The predicted octanol–water partition coefficient (Wildman–Crippen LogP) is 1.71. The Morgan fingerprint density at radius 2 is 2.36 bits per heavy atom. The van der Waals surface area contributed by atoms with Gasteiger partial charge < -0.3 is 9.64 Å². The summed E-state index contributed by atoms with van der Waals surface area (Å²) in [6.45, 7) is 2.03. The minimum absolute atomic E-state index is 0.129. The Labute approximate surface area is 90.6 Å². The molecule has 0 aliphatic rings. The molecule has 1 aromatic heterocycles. The van der Waals surface area contributed by atoms with Crippen molar-refractivity contribution in [2.75, 3.05) is 19.8 Å². The normalized spacial score (nSPS) is 9.93. The molecule has 0 aliphatic heterocycles. The van der Waals surface area contributed by atoms with Gasteiger partial charge in [0.15, 0.2) is 4.34 Å². The van der Waals surface area contributed by atoms with Crippen LogP contribution in [-0.4, -0.2) is 40.2 Å². The zero-order valence-corrected chi connectivity index (χ0v) is 9.81. The molecular formula is C7H11N3O2S2. The lowest BCUT2D eigenvalue weighted by molar-refractivity contribution is 0.168. The van der Waals surface area contributed by atoms with Gasteiger partial charge in [0.25, 0.3) is 0 Å². The standard InChI is InChI=1S/C7H11N3O2S2/c1-4-13-6-8-5(9-14-6)12-7(11)10(2)3/h4H2,1-3H3. The number of ether oxygens (including phenoxy) is 1. The van der Waals surface area contributed by atoms with E-state index in [1.165, 1.54) is 16.4 Å². The van der Waals surface area contributed by atoms with Crippen molar-refractivity contribution < 1.29 is 9.53 Å². The van der Waals surface area contributed by atoms with Crippen molar-refractivity contribution in [3.63, 3.8) is 0 Å². The highest BCUT2D eigenvalue weighted by Gasteiger charge is 2.11. The third-order valence-electron chi connectivity index (χ3n) is 1.20. The summed E-state index contributed by atoms with van der Waals surface area (Å²) in [6, 6.07) is 0.129. The lowest BCUT2D eigenvalue weighted by Gasteiger charge is -2.06. The maximum atomic E-state index is 11.1. The van der Waals surface area contributed by atoms with Gasteiger partial charge in [-0.1, -0.05) is 18.7 Å². The summed E-state index contributed by atoms with van der Waals surface area (Å²) < 4.78 is 9.58. The number of nitrogens with zero attached hydrogens (tertiary/aromatic N) is 3. The van der Waals surface area contributed by atoms with Crippen LogP contribution in [0.1, 0.15) is 6.92 Å². The molecule has 0 aliphatic carbocycles. The smallest absolute Gasteiger partial charge is 0.373 e. The van der Waals surface area contributed by atoms with Crippen LogP contribution < -0.4 is 4.74 Å². The number of carbonyl (C=O) groups is 1. The highest BCUT2D eigenvalue weighted by Crippen LogP contribution is 2.22. The van der Waals surface area contributed by atoms with Gasteiger partial charge in [-0.15, -0.1) is 4.37 Å². The topological polar surface area (TPSA) is 55.3 Å². The molecular weight excluding hydrogens is 222 g/mol. The van der Waals surface area contributed by atoms with Gasteiger partial charge in [0, 0.05) is 14.1 Å². The summed E-state index contributed by atoms with van der Waals surface area (Å²) in [5, 5.41) is 0. The van der Waals surface area contributed by atoms with E-state index in [2.05, 4.69) is 9.36 Å². The Hall–Kier alpha value is -0.820. The summed E-state index contributed by atoms with van der Waals surface area (Å²) in [7, 11) is 3.22. The highest BCUT2D eigenvalue weighted by atomic mass is 32.2. The van der Waals surface area contributed by atoms with Crippen molar-refractivity contribution in [3.05, 3.63) is 0 Å². The van der Waals surface area contributed by atoms with Gasteiger partial charge in [-0.3, -0.25) is 0 Å². The maximum Gasteiger partial charge on any atom is 0.417 e. The quantitative estimate of drug-likeness (QED) is 0.744. The van der Waals surface area contributed by atoms with Crippen LogP contribution in [0.4, 0.5) is 4.79 Å². The molecule has 1 rings (SSSR count). The van der Waals surface area contributed by atoms with Gasteiger partial charge in [0.2, 0.25) is 0 Å². The molecule has 1 heterocycles. The van der Waals surface area contributed by atoms with Crippen molar-refractivity contribution in [2.24, 2.45) is 0 Å². The molecule has 0 spiro atoms. The lowest BCUT2D eigenvalue weighted by atomic mass is 10.9. The number of hydrogen-bond donors (Lipinski definition) is 0. The van der Waals surface area contributed by atoms with Gasteiger partial charge in [-0.25, -0.2) is 4.79 Å². The van der Waals surface area contributed by atoms with E-state index in [-0.39, 0.29) is 6.01 Å². The van der Waals surface area contributed by atoms with Gasteiger partial charge >= 0.3 is 12.1 Å². The molecule has 0 saturated carbocycles. The van der Waals surface area contributed by atoms with Crippen LogP contribution in [0.2, 0.25) is 0 Å². The van der Waals surface area contributed by atoms with E-state index in [4.69, 9.17) is 4.74 Å². The van der Waals surface area contributed by atoms with E-state index in [0.717, 1.165) is 10.1 Å². The first-order valence-corrected chi connectivity index (χ1v) is 5.75. The Morgan fingerprint density at radius 3 is 2.93 bits per heavy atom. The Kier molecular flexibility index (Phi) is 4.15. The van der Waals surface area contributed by atoms with Crippen LogP contribution in [0.3, 0.4) is 0 Å². The van der Waals surface area contributed by atoms with Crippen molar-refractivity contribution in [2.45, 2.75) is 11.3 Å². The zero-order valence-electron chi connectivity index (χ0n) is 8.18. The molecule has 0 radical (unpaired) electrons. The number of hydrogen-bond acceptors (Lipinski definition) is 6. The van der Waals surface area contributed by atoms with Gasteiger partial charge in [-0.05, 0) is 17.3 Å².